The topological polar surface area (TPSA) is 92.5 Å². The van der Waals surface area contributed by atoms with E-state index in [1.807, 2.05) is 4.90 Å². The summed E-state index contributed by atoms with van der Waals surface area (Å²) in [7, 11) is -3.75. The van der Waals surface area contributed by atoms with Crippen molar-refractivity contribution in [2.24, 2.45) is 11.1 Å². The number of amides is 1. The smallest absolute Gasteiger partial charge is 0.240 e. The van der Waals surface area contributed by atoms with Gasteiger partial charge in [-0.1, -0.05) is 25.0 Å². The fourth-order valence-corrected chi connectivity index (χ4v) is 5.18. The monoisotopic (exact) mass is 431 g/mol. The van der Waals surface area contributed by atoms with Crippen molar-refractivity contribution in [3.05, 3.63) is 59.4 Å². The van der Waals surface area contributed by atoms with E-state index >= 15 is 0 Å². The molecule has 2 aliphatic rings. The Balaban J connectivity index is 1.48. The number of rotatable bonds is 6. The molecule has 1 saturated carbocycles. The highest BCUT2D eigenvalue weighted by Gasteiger charge is 2.29. The highest BCUT2D eigenvalue weighted by Crippen LogP contribution is 2.36. The molecule has 1 aliphatic heterocycles. The zero-order valence-corrected chi connectivity index (χ0v) is 17.5. The van der Waals surface area contributed by atoms with Gasteiger partial charge in [-0.05, 0) is 66.6 Å². The molecule has 2 aromatic carbocycles. The molecule has 0 bridgehead atoms. The third kappa shape index (κ3) is 4.49. The maximum absolute atomic E-state index is 13.4. The summed E-state index contributed by atoms with van der Waals surface area (Å²) in [6, 6.07) is 11.0. The molecule has 160 valence electrons. The SMILES string of the molecule is NS(=O)(=O)c1ccc2c(c1)CCN2CC(=O)NC(c1ccc(F)cc1)C1CCCC1. The van der Waals surface area contributed by atoms with Crippen molar-refractivity contribution in [1.82, 2.24) is 5.32 Å². The van der Waals surface area contributed by atoms with Crippen molar-refractivity contribution in [3.63, 3.8) is 0 Å². The number of nitrogens with one attached hydrogen (secondary N) is 1. The van der Waals surface area contributed by atoms with Crippen LogP contribution < -0.4 is 15.4 Å². The molecule has 2 aromatic rings. The number of hydrogen-bond acceptors (Lipinski definition) is 4. The first-order valence-corrected chi connectivity index (χ1v) is 11.8. The van der Waals surface area contributed by atoms with Crippen LogP contribution in [-0.2, 0) is 21.2 Å². The van der Waals surface area contributed by atoms with Crippen LogP contribution in [0.3, 0.4) is 0 Å². The van der Waals surface area contributed by atoms with Crippen molar-refractivity contribution in [3.8, 4) is 0 Å². The molecule has 1 atom stereocenters. The summed E-state index contributed by atoms with van der Waals surface area (Å²) in [6.45, 7) is 0.827. The molecule has 1 heterocycles. The van der Waals surface area contributed by atoms with Gasteiger partial charge < -0.3 is 10.2 Å². The number of nitrogens with zero attached hydrogens (tertiary/aromatic N) is 1. The van der Waals surface area contributed by atoms with Gasteiger partial charge in [0.2, 0.25) is 15.9 Å². The Bertz CT molecular complexity index is 1030. The largest absolute Gasteiger partial charge is 0.362 e. The van der Waals surface area contributed by atoms with Gasteiger partial charge in [0.15, 0.2) is 0 Å². The van der Waals surface area contributed by atoms with Crippen LogP contribution in [0.25, 0.3) is 0 Å². The van der Waals surface area contributed by atoms with E-state index in [0.29, 0.717) is 18.9 Å². The molecule has 1 unspecified atom stereocenters. The van der Waals surface area contributed by atoms with E-state index in [1.165, 1.54) is 18.2 Å². The normalized spacial score (nSPS) is 17.7. The quantitative estimate of drug-likeness (QED) is 0.736. The first-order valence-electron chi connectivity index (χ1n) is 10.3. The van der Waals surface area contributed by atoms with Crippen molar-refractivity contribution in [2.45, 2.75) is 43.0 Å². The zero-order chi connectivity index (χ0) is 21.3. The predicted octanol–water partition coefficient (Wildman–Crippen LogP) is 2.88. The van der Waals surface area contributed by atoms with Crippen molar-refractivity contribution >= 4 is 21.6 Å². The van der Waals surface area contributed by atoms with Crippen LogP contribution in [0.4, 0.5) is 10.1 Å². The minimum Gasteiger partial charge on any atom is -0.362 e. The Kier molecular flexibility index (Phi) is 5.79. The van der Waals surface area contributed by atoms with Gasteiger partial charge in [0.1, 0.15) is 5.82 Å². The second kappa shape index (κ2) is 8.35. The Morgan fingerprint density at radius 2 is 1.87 bits per heavy atom. The van der Waals surface area contributed by atoms with E-state index in [2.05, 4.69) is 5.32 Å². The molecule has 0 aromatic heterocycles. The summed E-state index contributed by atoms with van der Waals surface area (Å²) >= 11 is 0. The first-order chi connectivity index (χ1) is 14.3. The summed E-state index contributed by atoms with van der Waals surface area (Å²) < 4.78 is 36.5. The molecule has 0 radical (unpaired) electrons. The van der Waals surface area contributed by atoms with Crippen LogP contribution in [0.15, 0.2) is 47.4 Å². The lowest BCUT2D eigenvalue weighted by atomic mass is 9.91. The highest BCUT2D eigenvalue weighted by atomic mass is 32.2. The number of carbonyl (C=O) groups excluding carboxylic acids is 1. The van der Waals surface area contributed by atoms with Crippen molar-refractivity contribution in [2.75, 3.05) is 18.0 Å². The van der Waals surface area contributed by atoms with E-state index < -0.39 is 10.0 Å². The molecule has 6 nitrogen and oxygen atoms in total. The minimum absolute atomic E-state index is 0.0881. The molecule has 0 spiro atoms. The molecular weight excluding hydrogens is 405 g/mol. The van der Waals surface area contributed by atoms with E-state index in [4.69, 9.17) is 5.14 Å². The zero-order valence-electron chi connectivity index (χ0n) is 16.7. The lowest BCUT2D eigenvalue weighted by Gasteiger charge is -2.27. The summed E-state index contributed by atoms with van der Waals surface area (Å²) in [5.74, 6) is -0.0371. The Labute approximate surface area is 176 Å². The fraction of sp³-hybridized carbons (Fsp3) is 0.409. The van der Waals surface area contributed by atoms with Gasteiger partial charge >= 0.3 is 0 Å². The van der Waals surface area contributed by atoms with Gasteiger partial charge in [-0.2, -0.15) is 0 Å². The molecule has 1 amide bonds. The van der Waals surface area contributed by atoms with Crippen LogP contribution in [0.2, 0.25) is 0 Å². The molecular formula is C22H26FN3O3S. The van der Waals surface area contributed by atoms with Gasteiger partial charge in [-0.15, -0.1) is 0 Å². The average molecular weight is 432 g/mol. The van der Waals surface area contributed by atoms with E-state index in [9.17, 15) is 17.6 Å². The van der Waals surface area contributed by atoms with E-state index in [0.717, 1.165) is 42.5 Å². The van der Waals surface area contributed by atoms with E-state index in [1.54, 1.807) is 24.3 Å². The van der Waals surface area contributed by atoms with Gasteiger partial charge in [-0.25, -0.2) is 17.9 Å². The van der Waals surface area contributed by atoms with Crippen molar-refractivity contribution in [1.29, 1.82) is 0 Å². The molecule has 30 heavy (non-hydrogen) atoms. The summed E-state index contributed by atoms with van der Waals surface area (Å²) in [5.41, 5.74) is 2.66. The first kappa shape index (κ1) is 20.8. The van der Waals surface area contributed by atoms with Crippen LogP contribution in [0.5, 0.6) is 0 Å². The van der Waals surface area contributed by atoms with Gasteiger partial charge in [-0.3, -0.25) is 4.79 Å². The number of sulfonamides is 1. The summed E-state index contributed by atoms with van der Waals surface area (Å²) in [6.07, 6.45) is 5.04. The molecule has 1 aliphatic carbocycles. The number of primary sulfonamides is 1. The number of halogens is 1. The third-order valence-corrected chi connectivity index (χ3v) is 7.03. The molecule has 1 fully saturated rings. The maximum Gasteiger partial charge on any atom is 0.240 e. The number of fused-ring (bicyclic) bond motifs is 1. The van der Waals surface area contributed by atoms with Crippen LogP contribution in [0, 0.1) is 11.7 Å². The second-order valence-corrected chi connectivity index (χ2v) is 9.71. The molecule has 3 N–H and O–H groups in total. The third-order valence-electron chi connectivity index (χ3n) is 6.12. The van der Waals surface area contributed by atoms with E-state index in [-0.39, 0.29) is 29.2 Å². The number of anilines is 1. The number of nitrogens with two attached hydrogens (primary N) is 1. The number of hydrogen-bond donors (Lipinski definition) is 2. The molecule has 8 heteroatoms. The minimum atomic E-state index is -3.75. The summed E-state index contributed by atoms with van der Waals surface area (Å²) in [4.78, 5) is 14.9. The molecule has 0 saturated heterocycles. The van der Waals surface area contributed by atoms with Crippen molar-refractivity contribution < 1.29 is 17.6 Å². The average Bonchev–Trinajstić information content (AvgIpc) is 3.36. The summed E-state index contributed by atoms with van der Waals surface area (Å²) in [5, 5.41) is 8.39. The van der Waals surface area contributed by atoms with Crippen LogP contribution in [0.1, 0.15) is 42.9 Å². The number of carbonyl (C=O) groups is 1. The lowest BCUT2D eigenvalue weighted by molar-refractivity contribution is -0.120. The fourth-order valence-electron chi connectivity index (χ4n) is 4.61. The standard InChI is InChI=1S/C22H26FN3O3S/c23-18-7-5-16(6-8-18)22(15-3-1-2-4-15)25-21(27)14-26-12-11-17-13-19(30(24,28)29)9-10-20(17)26/h5-10,13,15,22H,1-4,11-12,14H2,(H,25,27)(H2,24,28,29). The Morgan fingerprint density at radius 1 is 1.17 bits per heavy atom. The Hall–Kier alpha value is -2.45. The molecule has 4 rings (SSSR count). The highest BCUT2D eigenvalue weighted by molar-refractivity contribution is 7.89. The lowest BCUT2D eigenvalue weighted by Crippen LogP contribution is -2.40. The number of benzene rings is 2. The van der Waals surface area contributed by atoms with Crippen LogP contribution >= 0.6 is 0 Å². The second-order valence-electron chi connectivity index (χ2n) is 8.15. The van der Waals surface area contributed by atoms with Gasteiger partial charge in [0.25, 0.3) is 0 Å². The Morgan fingerprint density at radius 3 is 2.53 bits per heavy atom. The van der Waals surface area contributed by atoms with Crippen LogP contribution in [-0.4, -0.2) is 27.4 Å². The van der Waals surface area contributed by atoms with Gasteiger partial charge in [0, 0.05) is 12.2 Å². The predicted molar refractivity (Wildman–Crippen MR) is 113 cm³/mol. The maximum atomic E-state index is 13.4. The van der Waals surface area contributed by atoms with Gasteiger partial charge in [0.05, 0.1) is 17.5 Å².